The summed E-state index contributed by atoms with van der Waals surface area (Å²) in [5.74, 6) is 3.48. The number of rotatable bonds is 9. The quantitative estimate of drug-likeness (QED) is 0.741. The Hall–Kier alpha value is -0.800. The predicted molar refractivity (Wildman–Crippen MR) is 81.0 cm³/mol. The van der Waals surface area contributed by atoms with E-state index in [0.717, 1.165) is 44.2 Å². The zero-order valence-electron chi connectivity index (χ0n) is 13.2. The molecular weight excluding hydrogens is 236 g/mol. The van der Waals surface area contributed by atoms with Crippen molar-refractivity contribution in [2.45, 2.75) is 47.7 Å². The Morgan fingerprint density at radius 2 is 1.79 bits per heavy atom. The first-order valence-electron chi connectivity index (χ1n) is 7.51. The highest BCUT2D eigenvalue weighted by Gasteiger charge is 2.09. The van der Waals surface area contributed by atoms with Gasteiger partial charge in [-0.1, -0.05) is 34.6 Å². The first-order chi connectivity index (χ1) is 9.01. The molecule has 0 saturated carbocycles. The Kier molecular flexibility index (Phi) is 7.17. The van der Waals surface area contributed by atoms with Gasteiger partial charge in [-0.25, -0.2) is 0 Å². The van der Waals surface area contributed by atoms with Crippen molar-refractivity contribution >= 4 is 0 Å². The molecule has 0 atom stereocenters. The molecule has 1 aromatic heterocycles. The lowest BCUT2D eigenvalue weighted by Crippen LogP contribution is -2.26. The molecule has 1 rings (SSSR count). The van der Waals surface area contributed by atoms with Crippen LogP contribution in [0, 0.1) is 11.8 Å². The van der Waals surface area contributed by atoms with Crippen LogP contribution in [0.3, 0.4) is 0 Å². The first kappa shape index (κ1) is 16.3. The van der Waals surface area contributed by atoms with Gasteiger partial charge in [-0.15, -0.1) is 0 Å². The number of hydrogen-bond donors (Lipinski definition) is 1. The molecule has 1 aromatic rings. The summed E-state index contributed by atoms with van der Waals surface area (Å²) in [4.78, 5) is 2.43. The fourth-order valence-corrected chi connectivity index (χ4v) is 2.13. The maximum atomic E-state index is 5.88. The van der Waals surface area contributed by atoms with Crippen LogP contribution in [0.15, 0.2) is 16.5 Å². The number of nitrogens with one attached hydrogen (secondary N) is 1. The zero-order chi connectivity index (χ0) is 14.3. The average molecular weight is 266 g/mol. The summed E-state index contributed by atoms with van der Waals surface area (Å²) in [5.41, 5.74) is 0. The number of nitrogens with zero attached hydrogens (tertiary/aromatic N) is 1. The molecule has 110 valence electrons. The number of furan rings is 1. The van der Waals surface area contributed by atoms with E-state index < -0.39 is 0 Å². The zero-order valence-corrected chi connectivity index (χ0v) is 13.2. The molecule has 0 bridgehead atoms. The van der Waals surface area contributed by atoms with E-state index in [-0.39, 0.29) is 0 Å². The minimum Gasteiger partial charge on any atom is -0.463 e. The van der Waals surface area contributed by atoms with Gasteiger partial charge in [0, 0.05) is 6.54 Å². The summed E-state index contributed by atoms with van der Waals surface area (Å²) in [6.45, 7) is 16.1. The molecule has 1 heterocycles. The van der Waals surface area contributed by atoms with Crippen molar-refractivity contribution in [1.82, 2.24) is 10.2 Å². The molecule has 0 amide bonds. The lowest BCUT2D eigenvalue weighted by Gasteiger charge is -2.21. The summed E-state index contributed by atoms with van der Waals surface area (Å²) >= 11 is 0. The maximum absolute atomic E-state index is 5.88. The molecule has 19 heavy (non-hydrogen) atoms. The smallest absolute Gasteiger partial charge is 0.118 e. The second kappa shape index (κ2) is 8.39. The van der Waals surface area contributed by atoms with Crippen LogP contribution in [-0.4, -0.2) is 24.5 Å². The van der Waals surface area contributed by atoms with E-state index >= 15 is 0 Å². The van der Waals surface area contributed by atoms with Gasteiger partial charge in [-0.2, -0.15) is 0 Å². The molecule has 3 nitrogen and oxygen atoms in total. The summed E-state index contributed by atoms with van der Waals surface area (Å²) in [6.07, 6.45) is 0. The van der Waals surface area contributed by atoms with Crippen molar-refractivity contribution in [2.24, 2.45) is 11.8 Å². The monoisotopic (exact) mass is 266 g/mol. The average Bonchev–Trinajstić information content (AvgIpc) is 2.75. The highest BCUT2D eigenvalue weighted by atomic mass is 16.3. The minimum absolute atomic E-state index is 0.677. The fourth-order valence-electron chi connectivity index (χ4n) is 2.13. The van der Waals surface area contributed by atoms with Gasteiger partial charge < -0.3 is 9.73 Å². The van der Waals surface area contributed by atoms with Crippen LogP contribution in [0.1, 0.15) is 46.1 Å². The molecule has 1 N–H and O–H groups in total. The van der Waals surface area contributed by atoms with Crippen LogP contribution in [-0.2, 0) is 13.1 Å². The van der Waals surface area contributed by atoms with Crippen molar-refractivity contribution in [1.29, 1.82) is 0 Å². The van der Waals surface area contributed by atoms with Gasteiger partial charge in [-0.3, -0.25) is 4.90 Å². The molecule has 0 saturated heterocycles. The Labute approximate surface area is 118 Å². The van der Waals surface area contributed by atoms with Crippen LogP contribution in [0.5, 0.6) is 0 Å². The highest BCUT2D eigenvalue weighted by Crippen LogP contribution is 2.12. The Morgan fingerprint density at radius 3 is 2.37 bits per heavy atom. The van der Waals surface area contributed by atoms with Crippen molar-refractivity contribution in [2.75, 3.05) is 19.6 Å². The van der Waals surface area contributed by atoms with Crippen molar-refractivity contribution < 1.29 is 4.42 Å². The molecule has 0 fully saturated rings. The fraction of sp³-hybridized carbons (Fsp3) is 0.750. The topological polar surface area (TPSA) is 28.4 Å². The van der Waals surface area contributed by atoms with Gasteiger partial charge in [-0.05, 0) is 37.1 Å². The Balaban J connectivity index is 2.40. The molecule has 0 aromatic carbocycles. The summed E-state index contributed by atoms with van der Waals surface area (Å²) in [6, 6.07) is 4.20. The summed E-state index contributed by atoms with van der Waals surface area (Å²) < 4.78 is 5.88. The van der Waals surface area contributed by atoms with Crippen LogP contribution in [0.2, 0.25) is 0 Å². The SMILES string of the molecule is CCN(Cc1ccc(CNCC(C)C)o1)CC(C)C. The first-order valence-corrected chi connectivity index (χ1v) is 7.51. The van der Waals surface area contributed by atoms with Gasteiger partial charge >= 0.3 is 0 Å². The van der Waals surface area contributed by atoms with Gasteiger partial charge in [0.15, 0.2) is 0 Å². The van der Waals surface area contributed by atoms with Crippen LogP contribution in [0.4, 0.5) is 0 Å². The third-order valence-electron chi connectivity index (χ3n) is 3.02. The van der Waals surface area contributed by atoms with E-state index in [4.69, 9.17) is 4.42 Å². The van der Waals surface area contributed by atoms with E-state index in [0.29, 0.717) is 11.8 Å². The van der Waals surface area contributed by atoms with Crippen LogP contribution in [0.25, 0.3) is 0 Å². The molecule has 0 aliphatic carbocycles. The van der Waals surface area contributed by atoms with Crippen molar-refractivity contribution in [3.63, 3.8) is 0 Å². The highest BCUT2D eigenvalue weighted by molar-refractivity contribution is 5.07. The van der Waals surface area contributed by atoms with Gasteiger partial charge in [0.1, 0.15) is 11.5 Å². The van der Waals surface area contributed by atoms with Crippen LogP contribution < -0.4 is 5.32 Å². The third kappa shape index (κ3) is 6.79. The summed E-state index contributed by atoms with van der Waals surface area (Å²) in [7, 11) is 0. The molecule has 3 heteroatoms. The molecular formula is C16H30N2O. The second-order valence-corrected chi connectivity index (χ2v) is 6.11. The maximum Gasteiger partial charge on any atom is 0.118 e. The van der Waals surface area contributed by atoms with E-state index in [1.165, 1.54) is 0 Å². The van der Waals surface area contributed by atoms with E-state index in [1.807, 2.05) is 0 Å². The van der Waals surface area contributed by atoms with Crippen LogP contribution >= 0.6 is 0 Å². The molecule has 0 aliphatic heterocycles. The molecule has 0 unspecified atom stereocenters. The third-order valence-corrected chi connectivity index (χ3v) is 3.02. The standard InChI is InChI=1S/C16H30N2O/c1-6-18(11-14(4)5)12-16-8-7-15(19-16)10-17-9-13(2)3/h7-8,13-14,17H,6,9-12H2,1-5H3. The lowest BCUT2D eigenvalue weighted by molar-refractivity contribution is 0.227. The van der Waals surface area contributed by atoms with Crippen molar-refractivity contribution in [3.8, 4) is 0 Å². The van der Waals surface area contributed by atoms with Crippen molar-refractivity contribution in [3.05, 3.63) is 23.7 Å². The second-order valence-electron chi connectivity index (χ2n) is 6.11. The van der Waals surface area contributed by atoms with Gasteiger partial charge in [0.05, 0.1) is 13.1 Å². The van der Waals surface area contributed by atoms with E-state index in [9.17, 15) is 0 Å². The number of hydrogen-bond acceptors (Lipinski definition) is 3. The molecule has 0 aliphatic rings. The normalized spacial score (nSPS) is 12.0. The Bertz CT molecular complexity index is 344. The predicted octanol–water partition coefficient (Wildman–Crippen LogP) is 3.50. The van der Waals surface area contributed by atoms with Gasteiger partial charge in [0.2, 0.25) is 0 Å². The molecule has 0 spiro atoms. The van der Waals surface area contributed by atoms with Gasteiger partial charge in [0.25, 0.3) is 0 Å². The van der Waals surface area contributed by atoms with E-state index in [1.54, 1.807) is 0 Å². The minimum atomic E-state index is 0.677. The lowest BCUT2D eigenvalue weighted by atomic mass is 10.2. The molecule has 0 radical (unpaired) electrons. The summed E-state index contributed by atoms with van der Waals surface area (Å²) in [5, 5.41) is 3.41. The Morgan fingerprint density at radius 1 is 1.11 bits per heavy atom. The van der Waals surface area contributed by atoms with E-state index in [2.05, 4.69) is 57.0 Å². The largest absolute Gasteiger partial charge is 0.463 e.